The molecule has 2 saturated heterocycles. The molecule has 5 heteroatoms. The van der Waals surface area contributed by atoms with Gasteiger partial charge in [0.15, 0.2) is 0 Å². The molecule has 2 atom stereocenters. The van der Waals surface area contributed by atoms with Crippen molar-refractivity contribution in [2.45, 2.75) is 57.0 Å². The van der Waals surface area contributed by atoms with Crippen LogP contribution in [0.4, 0.5) is 0 Å². The minimum Gasteiger partial charge on any atom is -0.381 e. The van der Waals surface area contributed by atoms with Gasteiger partial charge in [0.25, 0.3) is 0 Å². The zero-order chi connectivity index (χ0) is 13.9. The van der Waals surface area contributed by atoms with Crippen molar-refractivity contribution in [1.29, 1.82) is 0 Å². The summed E-state index contributed by atoms with van der Waals surface area (Å²) in [5, 5.41) is 3.29. The second kappa shape index (κ2) is 6.22. The summed E-state index contributed by atoms with van der Waals surface area (Å²) in [6.07, 6.45) is 6.83. The first-order valence-electron chi connectivity index (χ1n) is 7.92. The topological polar surface area (TPSA) is 58.6 Å². The molecule has 0 aromatic heterocycles. The van der Waals surface area contributed by atoms with Crippen molar-refractivity contribution in [3.63, 3.8) is 0 Å². The van der Waals surface area contributed by atoms with Crippen LogP contribution >= 0.6 is 0 Å². The normalized spacial score (nSPS) is 32.3. The number of imide groups is 1. The van der Waals surface area contributed by atoms with Crippen LogP contribution in [0.15, 0.2) is 0 Å². The molecule has 0 aromatic carbocycles. The molecular formula is C15H24N2O3. The van der Waals surface area contributed by atoms with Gasteiger partial charge in [0.2, 0.25) is 11.8 Å². The molecule has 2 unspecified atom stereocenters. The van der Waals surface area contributed by atoms with Crippen molar-refractivity contribution in [2.75, 3.05) is 19.8 Å². The molecule has 0 aromatic rings. The summed E-state index contributed by atoms with van der Waals surface area (Å²) in [5.74, 6) is 0.491. The van der Waals surface area contributed by atoms with Crippen molar-refractivity contribution in [1.82, 2.24) is 10.2 Å². The Kier molecular flexibility index (Phi) is 4.36. The molecule has 20 heavy (non-hydrogen) atoms. The Balaban J connectivity index is 1.52. The number of hydrogen-bond donors (Lipinski definition) is 1. The molecule has 0 spiro atoms. The third-order valence-electron chi connectivity index (χ3n) is 4.78. The van der Waals surface area contributed by atoms with E-state index in [0.29, 0.717) is 12.3 Å². The van der Waals surface area contributed by atoms with E-state index >= 15 is 0 Å². The van der Waals surface area contributed by atoms with Crippen LogP contribution in [0.5, 0.6) is 0 Å². The number of nitrogens with one attached hydrogen (secondary N) is 1. The molecule has 1 saturated carbocycles. The van der Waals surface area contributed by atoms with E-state index in [4.69, 9.17) is 4.74 Å². The molecule has 0 radical (unpaired) electrons. The van der Waals surface area contributed by atoms with Crippen molar-refractivity contribution in [3.05, 3.63) is 0 Å². The SMILES string of the molecule is O=C1CC(NCC2CCCOC2)C(=O)N1C1CCCC1. The standard InChI is InChI=1S/C15H24N2O3/c18-14-8-13(16-9-11-4-3-7-20-10-11)15(19)17(14)12-5-1-2-6-12/h11-13,16H,1-10H2. The number of likely N-dealkylation sites (tertiary alicyclic amines) is 1. The molecule has 2 heterocycles. The molecule has 2 amide bonds. The van der Waals surface area contributed by atoms with Crippen molar-refractivity contribution in [2.24, 2.45) is 5.92 Å². The van der Waals surface area contributed by atoms with Gasteiger partial charge < -0.3 is 10.1 Å². The van der Waals surface area contributed by atoms with Crippen LogP contribution in [-0.4, -0.2) is 48.6 Å². The monoisotopic (exact) mass is 280 g/mol. The number of carbonyl (C=O) groups is 2. The van der Waals surface area contributed by atoms with Gasteiger partial charge in [0, 0.05) is 19.2 Å². The van der Waals surface area contributed by atoms with Gasteiger partial charge in [-0.05, 0) is 31.6 Å². The van der Waals surface area contributed by atoms with Gasteiger partial charge in [-0.25, -0.2) is 0 Å². The lowest BCUT2D eigenvalue weighted by Crippen LogP contribution is -2.44. The first kappa shape index (κ1) is 14.0. The molecule has 1 N–H and O–H groups in total. The van der Waals surface area contributed by atoms with E-state index in [2.05, 4.69) is 5.32 Å². The Labute approximate surface area is 120 Å². The summed E-state index contributed by atoms with van der Waals surface area (Å²) >= 11 is 0. The molecule has 3 aliphatic rings. The third kappa shape index (κ3) is 2.88. The summed E-state index contributed by atoms with van der Waals surface area (Å²) in [5.41, 5.74) is 0. The van der Waals surface area contributed by atoms with Crippen LogP contribution in [-0.2, 0) is 14.3 Å². The first-order chi connectivity index (χ1) is 9.75. The molecule has 5 nitrogen and oxygen atoms in total. The zero-order valence-corrected chi connectivity index (χ0v) is 12.0. The second-order valence-electron chi connectivity index (χ2n) is 6.29. The number of amides is 2. The summed E-state index contributed by atoms with van der Waals surface area (Å²) < 4.78 is 5.45. The van der Waals surface area contributed by atoms with Crippen LogP contribution in [0.2, 0.25) is 0 Å². The summed E-state index contributed by atoms with van der Waals surface area (Å²) in [4.78, 5) is 26.0. The molecule has 3 rings (SSSR count). The Morgan fingerprint density at radius 1 is 1.15 bits per heavy atom. The molecular weight excluding hydrogens is 256 g/mol. The lowest BCUT2D eigenvalue weighted by molar-refractivity contribution is -0.141. The third-order valence-corrected chi connectivity index (χ3v) is 4.78. The number of carbonyl (C=O) groups excluding carboxylic acids is 2. The van der Waals surface area contributed by atoms with Gasteiger partial charge in [-0.3, -0.25) is 14.5 Å². The number of hydrogen-bond acceptors (Lipinski definition) is 4. The maximum atomic E-state index is 12.4. The smallest absolute Gasteiger partial charge is 0.247 e. The highest BCUT2D eigenvalue weighted by molar-refractivity contribution is 6.05. The average molecular weight is 280 g/mol. The minimum absolute atomic E-state index is 0.00127. The Morgan fingerprint density at radius 3 is 2.65 bits per heavy atom. The Bertz CT molecular complexity index is 373. The highest BCUT2D eigenvalue weighted by Gasteiger charge is 2.42. The van der Waals surface area contributed by atoms with Gasteiger partial charge in [0.05, 0.1) is 19.1 Å². The van der Waals surface area contributed by atoms with Gasteiger partial charge in [0.1, 0.15) is 0 Å². The fraction of sp³-hybridized carbons (Fsp3) is 0.867. The van der Waals surface area contributed by atoms with E-state index in [1.165, 1.54) is 0 Å². The van der Waals surface area contributed by atoms with Gasteiger partial charge >= 0.3 is 0 Å². The Hall–Kier alpha value is -0.940. The largest absolute Gasteiger partial charge is 0.381 e. The summed E-state index contributed by atoms with van der Waals surface area (Å²) in [7, 11) is 0. The van der Waals surface area contributed by atoms with E-state index in [9.17, 15) is 9.59 Å². The maximum Gasteiger partial charge on any atom is 0.247 e. The number of ether oxygens (including phenoxy) is 1. The van der Waals surface area contributed by atoms with Crippen LogP contribution in [0.25, 0.3) is 0 Å². The van der Waals surface area contributed by atoms with E-state index in [-0.39, 0.29) is 23.9 Å². The Morgan fingerprint density at radius 2 is 1.95 bits per heavy atom. The summed E-state index contributed by atoms with van der Waals surface area (Å²) in [6.45, 7) is 2.41. The highest BCUT2D eigenvalue weighted by atomic mass is 16.5. The number of nitrogens with zero attached hydrogens (tertiary/aromatic N) is 1. The van der Waals surface area contributed by atoms with Crippen LogP contribution in [0.3, 0.4) is 0 Å². The van der Waals surface area contributed by atoms with Crippen LogP contribution < -0.4 is 5.32 Å². The lowest BCUT2D eigenvalue weighted by Gasteiger charge is -2.24. The predicted molar refractivity (Wildman–Crippen MR) is 74.1 cm³/mol. The molecule has 1 aliphatic carbocycles. The highest BCUT2D eigenvalue weighted by Crippen LogP contribution is 2.28. The molecule has 2 aliphatic heterocycles. The second-order valence-corrected chi connectivity index (χ2v) is 6.29. The van der Waals surface area contributed by atoms with Gasteiger partial charge in [-0.1, -0.05) is 12.8 Å². The number of rotatable bonds is 4. The molecule has 0 bridgehead atoms. The fourth-order valence-electron chi connectivity index (χ4n) is 3.63. The zero-order valence-electron chi connectivity index (χ0n) is 12.0. The minimum atomic E-state index is -0.301. The van der Waals surface area contributed by atoms with Gasteiger partial charge in [-0.15, -0.1) is 0 Å². The van der Waals surface area contributed by atoms with Crippen LogP contribution in [0, 0.1) is 5.92 Å². The van der Waals surface area contributed by atoms with E-state index < -0.39 is 0 Å². The van der Waals surface area contributed by atoms with Crippen molar-refractivity contribution in [3.8, 4) is 0 Å². The van der Waals surface area contributed by atoms with Gasteiger partial charge in [-0.2, -0.15) is 0 Å². The quantitative estimate of drug-likeness (QED) is 0.783. The lowest BCUT2D eigenvalue weighted by atomic mass is 10.0. The van der Waals surface area contributed by atoms with E-state index in [1.54, 1.807) is 4.90 Å². The van der Waals surface area contributed by atoms with Crippen molar-refractivity contribution < 1.29 is 14.3 Å². The molecule has 3 fully saturated rings. The first-order valence-corrected chi connectivity index (χ1v) is 7.92. The van der Waals surface area contributed by atoms with Crippen LogP contribution in [0.1, 0.15) is 44.9 Å². The molecule has 112 valence electrons. The van der Waals surface area contributed by atoms with E-state index in [0.717, 1.165) is 58.3 Å². The summed E-state index contributed by atoms with van der Waals surface area (Å²) in [6, 6.07) is -0.134. The fourth-order valence-corrected chi connectivity index (χ4v) is 3.63. The average Bonchev–Trinajstić information content (AvgIpc) is 3.06. The predicted octanol–water partition coefficient (Wildman–Crippen LogP) is 1.07. The maximum absolute atomic E-state index is 12.4. The van der Waals surface area contributed by atoms with E-state index in [1.807, 2.05) is 0 Å². The van der Waals surface area contributed by atoms with Crippen molar-refractivity contribution >= 4 is 11.8 Å².